The highest BCUT2D eigenvalue weighted by Crippen LogP contribution is 2.15. The fraction of sp³-hybridized carbons (Fsp3) is 1.00. The molecule has 0 spiro atoms. The Kier molecular flexibility index (Phi) is 5.47. The normalized spacial score (nSPS) is 26.8. The zero-order valence-corrected chi connectivity index (χ0v) is 9.68. The lowest BCUT2D eigenvalue weighted by Crippen LogP contribution is -2.38. The van der Waals surface area contributed by atoms with E-state index in [9.17, 15) is 8.78 Å². The molecule has 0 saturated carbocycles. The second-order valence-corrected chi connectivity index (χ2v) is 4.47. The number of halogens is 2. The van der Waals surface area contributed by atoms with Gasteiger partial charge >= 0.3 is 0 Å². The monoisotopic (exact) mass is 220 g/mol. The Labute approximate surface area is 91.0 Å². The van der Waals surface area contributed by atoms with Gasteiger partial charge in [0.2, 0.25) is 0 Å². The van der Waals surface area contributed by atoms with E-state index in [-0.39, 0.29) is 12.7 Å². The summed E-state index contributed by atoms with van der Waals surface area (Å²) in [4.78, 5) is 2.06. The molecule has 1 N–H and O–H groups in total. The van der Waals surface area contributed by atoms with Gasteiger partial charge in [0, 0.05) is 25.2 Å². The third-order valence-electron chi connectivity index (χ3n) is 3.09. The number of nitrogens with one attached hydrogen (secondary N) is 1. The minimum absolute atomic E-state index is 0.0224. The minimum atomic E-state index is -0.718. The first-order chi connectivity index (χ1) is 7.15. The van der Waals surface area contributed by atoms with Crippen LogP contribution in [0.2, 0.25) is 0 Å². The maximum Gasteiger partial charge on any atom is 0.117 e. The smallest absolute Gasteiger partial charge is 0.117 e. The highest BCUT2D eigenvalue weighted by Gasteiger charge is 2.26. The second kappa shape index (κ2) is 6.38. The first kappa shape index (κ1) is 12.8. The molecule has 2 atom stereocenters. The van der Waals surface area contributed by atoms with E-state index in [0.717, 1.165) is 19.5 Å². The molecule has 0 radical (unpaired) electrons. The van der Waals surface area contributed by atoms with Gasteiger partial charge in [0.15, 0.2) is 0 Å². The number of alkyl halides is 2. The van der Waals surface area contributed by atoms with Gasteiger partial charge in [0.05, 0.1) is 0 Å². The lowest BCUT2D eigenvalue weighted by atomic mass is 10.1. The first-order valence-corrected chi connectivity index (χ1v) is 5.82. The summed E-state index contributed by atoms with van der Waals surface area (Å²) in [5, 5.41) is 3.15. The average Bonchev–Trinajstić information content (AvgIpc) is 2.58. The lowest BCUT2D eigenvalue weighted by molar-refractivity contribution is 0.183. The minimum Gasteiger partial charge on any atom is -0.311 e. The Morgan fingerprint density at radius 2 is 2.13 bits per heavy atom. The summed E-state index contributed by atoms with van der Waals surface area (Å²) in [6.45, 7) is 5.78. The van der Waals surface area contributed by atoms with Crippen LogP contribution in [0.15, 0.2) is 0 Å². The van der Waals surface area contributed by atoms with Crippen LogP contribution in [0.5, 0.6) is 0 Å². The van der Waals surface area contributed by atoms with Gasteiger partial charge in [-0.15, -0.1) is 0 Å². The van der Waals surface area contributed by atoms with E-state index in [0.29, 0.717) is 19.0 Å². The van der Waals surface area contributed by atoms with E-state index in [2.05, 4.69) is 10.2 Å². The predicted octanol–water partition coefficient (Wildman–Crippen LogP) is 1.76. The summed E-state index contributed by atoms with van der Waals surface area (Å²) in [5.74, 6) is 0. The molecule has 1 saturated heterocycles. The quantitative estimate of drug-likeness (QED) is 0.733. The van der Waals surface area contributed by atoms with E-state index in [1.165, 1.54) is 0 Å². The second-order valence-electron chi connectivity index (χ2n) is 4.47. The fourth-order valence-corrected chi connectivity index (χ4v) is 2.06. The molecule has 1 fully saturated rings. The Morgan fingerprint density at radius 1 is 1.40 bits per heavy atom. The van der Waals surface area contributed by atoms with Gasteiger partial charge in [0.1, 0.15) is 12.8 Å². The maximum absolute atomic E-state index is 13.3. The van der Waals surface area contributed by atoms with Gasteiger partial charge in [-0.1, -0.05) is 0 Å². The van der Waals surface area contributed by atoms with Crippen LogP contribution in [-0.4, -0.2) is 49.5 Å². The van der Waals surface area contributed by atoms with Crippen LogP contribution in [-0.2, 0) is 0 Å². The van der Waals surface area contributed by atoms with E-state index in [1.807, 2.05) is 13.8 Å². The Hall–Kier alpha value is -0.220. The third kappa shape index (κ3) is 4.03. The summed E-state index contributed by atoms with van der Waals surface area (Å²) >= 11 is 0. The summed E-state index contributed by atoms with van der Waals surface area (Å²) < 4.78 is 25.5. The van der Waals surface area contributed by atoms with Crippen molar-refractivity contribution in [3.63, 3.8) is 0 Å². The van der Waals surface area contributed by atoms with Gasteiger partial charge in [0.25, 0.3) is 0 Å². The zero-order valence-electron chi connectivity index (χ0n) is 9.68. The lowest BCUT2D eigenvalue weighted by Gasteiger charge is -2.26. The molecule has 0 aromatic heterocycles. The number of hydrogen-bond donors (Lipinski definition) is 1. The van der Waals surface area contributed by atoms with Crippen molar-refractivity contribution in [1.29, 1.82) is 0 Å². The van der Waals surface area contributed by atoms with Gasteiger partial charge < -0.3 is 5.32 Å². The molecule has 2 nitrogen and oxygen atoms in total. The highest BCUT2D eigenvalue weighted by atomic mass is 19.1. The fourth-order valence-electron chi connectivity index (χ4n) is 2.06. The molecule has 0 amide bonds. The molecule has 0 aromatic rings. The largest absolute Gasteiger partial charge is 0.311 e. The highest BCUT2D eigenvalue weighted by molar-refractivity contribution is 4.84. The molecule has 1 aliphatic heterocycles. The number of hydrogen-bond acceptors (Lipinski definition) is 2. The van der Waals surface area contributed by atoms with E-state index >= 15 is 0 Å². The maximum atomic E-state index is 13.3. The molecule has 2 unspecified atom stereocenters. The van der Waals surface area contributed by atoms with Crippen molar-refractivity contribution in [3.05, 3.63) is 0 Å². The number of nitrogens with zero attached hydrogens (tertiary/aromatic N) is 1. The Balaban J connectivity index is 2.26. The van der Waals surface area contributed by atoms with Crippen LogP contribution in [0, 0.1) is 0 Å². The van der Waals surface area contributed by atoms with Crippen LogP contribution in [0.25, 0.3) is 0 Å². The van der Waals surface area contributed by atoms with Crippen LogP contribution < -0.4 is 5.32 Å². The van der Waals surface area contributed by atoms with Crippen molar-refractivity contribution in [2.45, 2.75) is 44.9 Å². The molecule has 90 valence electrons. The molecule has 1 rings (SSSR count). The third-order valence-corrected chi connectivity index (χ3v) is 3.09. The molecular weight excluding hydrogens is 198 g/mol. The molecule has 4 heteroatoms. The average molecular weight is 220 g/mol. The SMILES string of the molecule is CC(C)N(CCF)CCC1NCCC1F. The van der Waals surface area contributed by atoms with E-state index in [4.69, 9.17) is 0 Å². The van der Waals surface area contributed by atoms with Crippen molar-refractivity contribution in [2.75, 3.05) is 26.3 Å². The summed E-state index contributed by atoms with van der Waals surface area (Å²) in [6, 6.07) is 0.311. The Morgan fingerprint density at radius 3 is 2.60 bits per heavy atom. The molecule has 0 aromatic carbocycles. The summed E-state index contributed by atoms with van der Waals surface area (Å²) in [5.41, 5.74) is 0. The molecule has 0 bridgehead atoms. The summed E-state index contributed by atoms with van der Waals surface area (Å²) in [6.07, 6.45) is 0.679. The molecule has 1 heterocycles. The van der Waals surface area contributed by atoms with Crippen molar-refractivity contribution in [2.24, 2.45) is 0 Å². The van der Waals surface area contributed by atoms with Crippen LogP contribution in [0.3, 0.4) is 0 Å². The number of rotatable bonds is 6. The zero-order chi connectivity index (χ0) is 11.3. The molecule has 0 aliphatic carbocycles. The van der Waals surface area contributed by atoms with Gasteiger partial charge in [-0.05, 0) is 33.2 Å². The van der Waals surface area contributed by atoms with Gasteiger partial charge in [-0.3, -0.25) is 4.90 Å². The molecular formula is C11H22F2N2. The van der Waals surface area contributed by atoms with Crippen molar-refractivity contribution >= 4 is 0 Å². The predicted molar refractivity (Wildman–Crippen MR) is 58.6 cm³/mol. The van der Waals surface area contributed by atoms with Gasteiger partial charge in [-0.2, -0.15) is 0 Å². The van der Waals surface area contributed by atoms with Crippen LogP contribution in [0.4, 0.5) is 8.78 Å². The standard InChI is InChI=1S/C11H22F2N2/c1-9(2)15(8-5-12)7-4-11-10(13)3-6-14-11/h9-11,14H,3-8H2,1-2H3. The van der Waals surface area contributed by atoms with Gasteiger partial charge in [-0.25, -0.2) is 8.78 Å². The first-order valence-electron chi connectivity index (χ1n) is 5.82. The van der Waals surface area contributed by atoms with E-state index < -0.39 is 6.17 Å². The topological polar surface area (TPSA) is 15.3 Å². The van der Waals surface area contributed by atoms with Crippen molar-refractivity contribution in [1.82, 2.24) is 10.2 Å². The van der Waals surface area contributed by atoms with Crippen molar-refractivity contribution in [3.8, 4) is 0 Å². The van der Waals surface area contributed by atoms with E-state index in [1.54, 1.807) is 0 Å². The molecule has 1 aliphatic rings. The Bertz CT molecular complexity index is 176. The molecule has 15 heavy (non-hydrogen) atoms. The van der Waals surface area contributed by atoms with Crippen LogP contribution in [0.1, 0.15) is 26.7 Å². The summed E-state index contributed by atoms with van der Waals surface area (Å²) in [7, 11) is 0. The van der Waals surface area contributed by atoms with Crippen LogP contribution >= 0.6 is 0 Å². The van der Waals surface area contributed by atoms with Crippen molar-refractivity contribution < 1.29 is 8.78 Å².